The number of hydrogen-bond donors (Lipinski definition) is 1. The average molecular weight is 289 g/mol. The average Bonchev–Trinajstić information content (AvgIpc) is 2.47. The zero-order valence-electron chi connectivity index (χ0n) is 13.6. The van der Waals surface area contributed by atoms with Gasteiger partial charge in [-0.2, -0.15) is 0 Å². The Hall–Kier alpha value is -1.55. The van der Waals surface area contributed by atoms with E-state index in [9.17, 15) is 4.79 Å². The van der Waals surface area contributed by atoms with E-state index >= 15 is 0 Å². The van der Waals surface area contributed by atoms with Gasteiger partial charge in [-0.25, -0.2) is 4.79 Å². The molecule has 1 aromatic rings. The lowest BCUT2D eigenvalue weighted by atomic mass is 10.0. The van der Waals surface area contributed by atoms with E-state index in [2.05, 4.69) is 43.4 Å². The van der Waals surface area contributed by atoms with Crippen molar-refractivity contribution < 1.29 is 4.79 Å². The molecule has 1 atom stereocenters. The fraction of sp³-hybridized carbons (Fsp3) is 0.588. The van der Waals surface area contributed by atoms with E-state index in [1.807, 2.05) is 19.0 Å². The molecule has 1 saturated heterocycles. The van der Waals surface area contributed by atoms with Crippen LogP contribution in [0.3, 0.4) is 0 Å². The maximum atomic E-state index is 11.9. The zero-order chi connectivity index (χ0) is 15.4. The van der Waals surface area contributed by atoms with Gasteiger partial charge in [-0.3, -0.25) is 0 Å². The third-order valence-electron chi connectivity index (χ3n) is 4.21. The van der Waals surface area contributed by atoms with Crippen molar-refractivity contribution in [3.05, 3.63) is 35.4 Å². The maximum Gasteiger partial charge on any atom is 0.319 e. The van der Waals surface area contributed by atoms with E-state index in [4.69, 9.17) is 0 Å². The van der Waals surface area contributed by atoms with E-state index < -0.39 is 0 Å². The van der Waals surface area contributed by atoms with Crippen molar-refractivity contribution in [2.24, 2.45) is 0 Å². The van der Waals surface area contributed by atoms with Crippen molar-refractivity contribution in [3.63, 3.8) is 0 Å². The quantitative estimate of drug-likeness (QED) is 0.928. The van der Waals surface area contributed by atoms with Gasteiger partial charge in [-0.05, 0) is 32.3 Å². The molecule has 4 heteroatoms. The van der Waals surface area contributed by atoms with Crippen LogP contribution in [0.5, 0.6) is 0 Å². The molecule has 0 aromatic heterocycles. The Bertz CT molecular complexity index is 461. The van der Waals surface area contributed by atoms with E-state index in [1.165, 1.54) is 11.1 Å². The Kier molecular flexibility index (Phi) is 5.23. The van der Waals surface area contributed by atoms with Crippen LogP contribution in [-0.4, -0.2) is 49.1 Å². The van der Waals surface area contributed by atoms with Crippen molar-refractivity contribution >= 4 is 6.03 Å². The van der Waals surface area contributed by atoms with E-state index in [-0.39, 0.29) is 6.03 Å². The van der Waals surface area contributed by atoms with Gasteiger partial charge >= 0.3 is 6.03 Å². The summed E-state index contributed by atoms with van der Waals surface area (Å²) in [5, 5.41) is 3.69. The summed E-state index contributed by atoms with van der Waals surface area (Å²) in [4.78, 5) is 15.5. The fourth-order valence-corrected chi connectivity index (χ4v) is 2.83. The highest BCUT2D eigenvalue weighted by Gasteiger charge is 2.24. The molecule has 0 saturated carbocycles. The maximum absolute atomic E-state index is 11.9. The van der Waals surface area contributed by atoms with Gasteiger partial charge in [0.15, 0.2) is 0 Å². The largest absolute Gasteiger partial charge is 0.331 e. The summed E-state index contributed by atoms with van der Waals surface area (Å²) >= 11 is 0. The first-order valence-electron chi connectivity index (χ1n) is 7.76. The van der Waals surface area contributed by atoms with Crippen molar-refractivity contribution in [2.45, 2.75) is 38.8 Å². The second kappa shape index (κ2) is 6.94. The van der Waals surface area contributed by atoms with Crippen LogP contribution < -0.4 is 5.32 Å². The molecule has 1 aliphatic rings. The smallest absolute Gasteiger partial charge is 0.319 e. The van der Waals surface area contributed by atoms with Crippen LogP contribution in [-0.2, 0) is 0 Å². The molecular formula is C17H27N3O. The first-order valence-corrected chi connectivity index (χ1v) is 7.76. The van der Waals surface area contributed by atoms with E-state index in [0.29, 0.717) is 12.1 Å². The summed E-state index contributed by atoms with van der Waals surface area (Å²) in [5.74, 6) is 0. The second-order valence-corrected chi connectivity index (χ2v) is 6.24. The Morgan fingerprint density at radius 2 is 1.81 bits per heavy atom. The molecule has 1 aromatic carbocycles. The predicted molar refractivity (Wildman–Crippen MR) is 86.4 cm³/mol. The molecule has 4 nitrogen and oxygen atoms in total. The highest BCUT2D eigenvalue weighted by Crippen LogP contribution is 2.18. The van der Waals surface area contributed by atoms with Crippen LogP contribution in [0, 0.1) is 6.92 Å². The van der Waals surface area contributed by atoms with Crippen molar-refractivity contribution in [1.82, 2.24) is 15.1 Å². The van der Waals surface area contributed by atoms with Crippen molar-refractivity contribution in [1.29, 1.82) is 0 Å². The number of likely N-dealkylation sites (tertiary alicyclic amines) is 1. The van der Waals surface area contributed by atoms with Crippen molar-refractivity contribution in [2.75, 3.05) is 27.2 Å². The SMILES string of the molecule is Cc1ccc([C@H](C)NC2CCN(C(=O)N(C)C)CC2)cc1. The van der Waals surface area contributed by atoms with Crippen LogP contribution in [0.4, 0.5) is 4.79 Å². The number of nitrogens with one attached hydrogen (secondary N) is 1. The molecule has 2 rings (SSSR count). The number of aryl methyl sites for hydroxylation is 1. The van der Waals surface area contributed by atoms with Gasteiger partial charge in [-0.1, -0.05) is 29.8 Å². The summed E-state index contributed by atoms with van der Waals surface area (Å²) < 4.78 is 0. The van der Waals surface area contributed by atoms with Gasteiger partial charge in [0.25, 0.3) is 0 Å². The standard InChI is InChI=1S/C17H27N3O/c1-13-5-7-15(8-6-13)14(2)18-16-9-11-20(12-10-16)17(21)19(3)4/h5-8,14,16,18H,9-12H2,1-4H3/t14-/m0/s1. The third kappa shape index (κ3) is 4.21. The molecule has 1 N–H and O–H groups in total. The fourth-order valence-electron chi connectivity index (χ4n) is 2.83. The molecule has 21 heavy (non-hydrogen) atoms. The summed E-state index contributed by atoms with van der Waals surface area (Å²) in [5.41, 5.74) is 2.62. The van der Waals surface area contributed by atoms with Crippen LogP contribution in [0.15, 0.2) is 24.3 Å². The number of carbonyl (C=O) groups is 1. The summed E-state index contributed by atoms with van der Waals surface area (Å²) in [6.07, 6.45) is 2.05. The molecule has 0 bridgehead atoms. The minimum atomic E-state index is 0.125. The van der Waals surface area contributed by atoms with Crippen LogP contribution in [0.25, 0.3) is 0 Å². The second-order valence-electron chi connectivity index (χ2n) is 6.24. The van der Waals surface area contributed by atoms with Gasteiger partial charge in [0.2, 0.25) is 0 Å². The molecule has 0 radical (unpaired) electrons. The minimum Gasteiger partial charge on any atom is -0.331 e. The highest BCUT2D eigenvalue weighted by atomic mass is 16.2. The monoisotopic (exact) mass is 289 g/mol. The summed E-state index contributed by atoms with van der Waals surface area (Å²) in [7, 11) is 3.62. The van der Waals surface area contributed by atoms with Crippen molar-refractivity contribution in [3.8, 4) is 0 Å². The molecule has 2 amide bonds. The first kappa shape index (κ1) is 15.8. The zero-order valence-corrected chi connectivity index (χ0v) is 13.6. The van der Waals surface area contributed by atoms with Gasteiger partial charge in [0, 0.05) is 39.3 Å². The summed E-state index contributed by atoms with van der Waals surface area (Å²) in [6, 6.07) is 9.67. The lowest BCUT2D eigenvalue weighted by molar-refractivity contribution is 0.151. The van der Waals surface area contributed by atoms with E-state index in [0.717, 1.165) is 25.9 Å². The number of rotatable bonds is 3. The normalized spacial score (nSPS) is 17.6. The molecule has 116 valence electrons. The van der Waals surface area contributed by atoms with Crippen LogP contribution >= 0.6 is 0 Å². The van der Waals surface area contributed by atoms with Gasteiger partial charge in [0.1, 0.15) is 0 Å². The lowest BCUT2D eigenvalue weighted by Crippen LogP contribution is -2.48. The molecule has 0 spiro atoms. The number of piperidine rings is 1. The van der Waals surface area contributed by atoms with Gasteiger partial charge in [-0.15, -0.1) is 0 Å². The molecule has 0 unspecified atom stereocenters. The van der Waals surface area contributed by atoms with E-state index in [1.54, 1.807) is 4.90 Å². The number of amides is 2. The lowest BCUT2D eigenvalue weighted by Gasteiger charge is -2.35. The highest BCUT2D eigenvalue weighted by molar-refractivity contribution is 5.73. The summed E-state index contributed by atoms with van der Waals surface area (Å²) in [6.45, 7) is 6.01. The molecule has 1 fully saturated rings. The number of urea groups is 1. The Morgan fingerprint density at radius 3 is 2.33 bits per heavy atom. The first-order chi connectivity index (χ1) is 9.97. The van der Waals surface area contributed by atoms with Gasteiger partial charge < -0.3 is 15.1 Å². The third-order valence-corrected chi connectivity index (χ3v) is 4.21. The molecular weight excluding hydrogens is 262 g/mol. The number of benzene rings is 1. The number of hydrogen-bond acceptors (Lipinski definition) is 2. The minimum absolute atomic E-state index is 0.125. The van der Waals surface area contributed by atoms with Crippen LogP contribution in [0.1, 0.15) is 36.9 Å². The topological polar surface area (TPSA) is 35.6 Å². The Balaban J connectivity index is 1.83. The Labute approximate surface area is 128 Å². The molecule has 1 heterocycles. The number of carbonyl (C=O) groups excluding carboxylic acids is 1. The predicted octanol–water partition coefficient (Wildman–Crippen LogP) is 2.79. The molecule has 0 aliphatic carbocycles. The number of nitrogens with zero attached hydrogens (tertiary/aromatic N) is 2. The van der Waals surface area contributed by atoms with Gasteiger partial charge in [0.05, 0.1) is 0 Å². The Morgan fingerprint density at radius 1 is 1.24 bits per heavy atom. The van der Waals surface area contributed by atoms with Crippen LogP contribution in [0.2, 0.25) is 0 Å². The molecule has 1 aliphatic heterocycles.